The van der Waals surface area contributed by atoms with Gasteiger partial charge in [0.05, 0.1) is 22.9 Å². The van der Waals surface area contributed by atoms with Crippen molar-refractivity contribution in [1.29, 1.82) is 0 Å². The molecule has 0 aliphatic rings. The van der Waals surface area contributed by atoms with E-state index in [2.05, 4.69) is 10.3 Å². The van der Waals surface area contributed by atoms with Gasteiger partial charge in [-0.25, -0.2) is 9.78 Å². The fourth-order valence-electron chi connectivity index (χ4n) is 3.41. The fourth-order valence-corrected chi connectivity index (χ4v) is 4.42. The molecular formula is C24H22N2O5S. The van der Waals surface area contributed by atoms with Gasteiger partial charge in [-0.1, -0.05) is 37.3 Å². The lowest BCUT2D eigenvalue weighted by atomic mass is 10.1. The van der Waals surface area contributed by atoms with Crippen LogP contribution in [0.1, 0.15) is 28.6 Å². The number of methoxy groups -OCH3 is 1. The maximum atomic E-state index is 12.7. The zero-order valence-electron chi connectivity index (χ0n) is 17.9. The van der Waals surface area contributed by atoms with Gasteiger partial charge < -0.3 is 13.9 Å². The number of aromatic nitrogens is 1. The van der Waals surface area contributed by atoms with Crippen LogP contribution in [0.2, 0.25) is 0 Å². The molecule has 0 atom stereocenters. The Balaban J connectivity index is 1.65. The van der Waals surface area contributed by atoms with Crippen molar-refractivity contribution in [1.82, 2.24) is 4.98 Å². The van der Waals surface area contributed by atoms with Crippen molar-refractivity contribution in [3.05, 3.63) is 65.4 Å². The number of ether oxygens (including phenoxy) is 2. The zero-order valence-corrected chi connectivity index (χ0v) is 18.7. The summed E-state index contributed by atoms with van der Waals surface area (Å²) in [6.07, 6.45) is 0.791. The summed E-state index contributed by atoms with van der Waals surface area (Å²) >= 11 is 1.40. The molecule has 8 heteroatoms. The van der Waals surface area contributed by atoms with Crippen LogP contribution >= 0.6 is 11.3 Å². The number of amides is 1. The minimum atomic E-state index is -0.561. The molecule has 2 aromatic carbocycles. The van der Waals surface area contributed by atoms with E-state index in [1.165, 1.54) is 18.4 Å². The van der Waals surface area contributed by atoms with Gasteiger partial charge in [-0.3, -0.25) is 10.1 Å². The van der Waals surface area contributed by atoms with Crippen LogP contribution in [0.5, 0.6) is 5.75 Å². The quantitative estimate of drug-likeness (QED) is 0.388. The topological polar surface area (TPSA) is 90.7 Å². The molecule has 1 amide bonds. The molecule has 0 fully saturated rings. The van der Waals surface area contributed by atoms with Gasteiger partial charge in [0.15, 0.2) is 6.61 Å². The Morgan fingerprint density at radius 1 is 1.12 bits per heavy atom. The number of carbonyl (C=O) groups is 2. The number of rotatable bonds is 7. The summed E-state index contributed by atoms with van der Waals surface area (Å²) in [7, 11) is 1.30. The Morgan fingerprint density at radius 3 is 2.62 bits per heavy atom. The Kier molecular flexibility index (Phi) is 6.23. The SMILES string of the molecule is CCc1ccccc1OCC(=O)Nc1oc(C)c(C(=O)OC)c1-c1nc2ccccc2s1. The number of thiazole rings is 1. The second-order valence-corrected chi connectivity index (χ2v) is 8.04. The molecule has 0 radical (unpaired) electrons. The number of para-hydroxylation sites is 2. The highest BCUT2D eigenvalue weighted by molar-refractivity contribution is 7.21. The Labute approximate surface area is 189 Å². The summed E-state index contributed by atoms with van der Waals surface area (Å²) in [4.78, 5) is 29.8. The van der Waals surface area contributed by atoms with Gasteiger partial charge in [-0.05, 0) is 37.1 Å². The van der Waals surface area contributed by atoms with E-state index in [4.69, 9.17) is 13.9 Å². The van der Waals surface area contributed by atoms with Gasteiger partial charge in [0.25, 0.3) is 5.91 Å². The highest BCUT2D eigenvalue weighted by atomic mass is 32.1. The fraction of sp³-hybridized carbons (Fsp3) is 0.208. The second-order valence-electron chi connectivity index (χ2n) is 7.01. The van der Waals surface area contributed by atoms with E-state index in [1.54, 1.807) is 6.92 Å². The lowest BCUT2D eigenvalue weighted by Crippen LogP contribution is -2.20. The van der Waals surface area contributed by atoms with Crippen LogP contribution in [0, 0.1) is 6.92 Å². The van der Waals surface area contributed by atoms with Crippen LogP contribution in [0.15, 0.2) is 52.9 Å². The first-order valence-corrected chi connectivity index (χ1v) is 10.9. The second kappa shape index (κ2) is 9.23. The number of furan rings is 1. The smallest absolute Gasteiger partial charge is 0.342 e. The van der Waals surface area contributed by atoms with Gasteiger partial charge in [0, 0.05) is 0 Å². The molecule has 0 aliphatic heterocycles. The molecule has 4 aromatic rings. The van der Waals surface area contributed by atoms with E-state index in [9.17, 15) is 9.59 Å². The molecule has 0 aliphatic carbocycles. The molecular weight excluding hydrogens is 428 g/mol. The van der Waals surface area contributed by atoms with Gasteiger partial charge >= 0.3 is 5.97 Å². The lowest BCUT2D eigenvalue weighted by molar-refractivity contribution is -0.118. The van der Waals surface area contributed by atoms with Crippen molar-refractivity contribution >= 4 is 39.3 Å². The van der Waals surface area contributed by atoms with Crippen molar-refractivity contribution in [2.24, 2.45) is 0 Å². The largest absolute Gasteiger partial charge is 0.483 e. The summed E-state index contributed by atoms with van der Waals surface area (Å²) in [6.45, 7) is 3.46. The highest BCUT2D eigenvalue weighted by Gasteiger charge is 2.28. The van der Waals surface area contributed by atoms with E-state index >= 15 is 0 Å². The predicted molar refractivity (Wildman–Crippen MR) is 123 cm³/mol. The molecule has 1 N–H and O–H groups in total. The predicted octanol–water partition coefficient (Wildman–Crippen LogP) is 5.23. The third-order valence-electron chi connectivity index (χ3n) is 4.95. The van der Waals surface area contributed by atoms with Crippen LogP contribution < -0.4 is 10.1 Å². The van der Waals surface area contributed by atoms with Gasteiger partial charge in [-0.15, -0.1) is 11.3 Å². The summed E-state index contributed by atoms with van der Waals surface area (Å²) in [5.74, 6) is 0.151. The highest BCUT2D eigenvalue weighted by Crippen LogP contribution is 2.40. The monoisotopic (exact) mass is 450 g/mol. The first-order valence-electron chi connectivity index (χ1n) is 10.1. The molecule has 2 heterocycles. The van der Waals surface area contributed by atoms with Crippen LogP contribution in [0.4, 0.5) is 5.88 Å². The first kappa shape index (κ1) is 21.6. The van der Waals surface area contributed by atoms with E-state index in [1.807, 2.05) is 55.5 Å². The van der Waals surface area contributed by atoms with Crippen LogP contribution in [-0.2, 0) is 16.0 Å². The minimum Gasteiger partial charge on any atom is -0.483 e. The molecule has 7 nitrogen and oxygen atoms in total. The summed E-state index contributed by atoms with van der Waals surface area (Å²) in [6, 6.07) is 15.2. The molecule has 164 valence electrons. The van der Waals surface area contributed by atoms with Crippen LogP contribution in [-0.4, -0.2) is 30.6 Å². The van der Waals surface area contributed by atoms with Crippen molar-refractivity contribution in [3.63, 3.8) is 0 Å². The third-order valence-corrected chi connectivity index (χ3v) is 6.00. The molecule has 0 bridgehead atoms. The number of carbonyl (C=O) groups excluding carboxylic acids is 2. The first-order chi connectivity index (χ1) is 15.5. The summed E-state index contributed by atoms with van der Waals surface area (Å²) in [5, 5.41) is 3.28. The number of nitrogens with zero attached hydrogens (tertiary/aromatic N) is 1. The van der Waals surface area contributed by atoms with Gasteiger partial charge in [0.1, 0.15) is 22.1 Å². The Bertz CT molecular complexity index is 1260. The van der Waals surface area contributed by atoms with E-state index in [0.29, 0.717) is 22.1 Å². The number of esters is 1. The number of fused-ring (bicyclic) bond motifs is 1. The molecule has 0 saturated carbocycles. The third kappa shape index (κ3) is 4.22. The summed E-state index contributed by atoms with van der Waals surface area (Å²) < 4.78 is 17.4. The molecule has 0 spiro atoms. The van der Waals surface area contributed by atoms with E-state index < -0.39 is 11.9 Å². The van der Waals surface area contributed by atoms with Crippen molar-refractivity contribution in [2.75, 3.05) is 19.0 Å². The van der Waals surface area contributed by atoms with Gasteiger partial charge in [-0.2, -0.15) is 0 Å². The minimum absolute atomic E-state index is 0.138. The molecule has 0 saturated heterocycles. The van der Waals surface area contributed by atoms with E-state index in [-0.39, 0.29) is 18.1 Å². The van der Waals surface area contributed by atoms with Gasteiger partial charge in [0.2, 0.25) is 5.88 Å². The number of aryl methyl sites for hydroxylation is 2. The molecule has 2 aromatic heterocycles. The normalized spacial score (nSPS) is 10.8. The standard InChI is InChI=1S/C24H22N2O5S/c1-4-15-9-5-7-11-17(15)30-13-19(27)26-22-21(20(14(2)31-22)24(28)29-3)23-25-16-10-6-8-12-18(16)32-23/h5-12H,4,13H2,1-3H3,(H,26,27). The summed E-state index contributed by atoms with van der Waals surface area (Å²) in [5.41, 5.74) is 2.44. The number of hydrogen-bond acceptors (Lipinski definition) is 7. The number of nitrogens with one attached hydrogen (secondary N) is 1. The van der Waals surface area contributed by atoms with Crippen molar-refractivity contribution in [2.45, 2.75) is 20.3 Å². The molecule has 4 rings (SSSR count). The Hall–Kier alpha value is -3.65. The molecule has 32 heavy (non-hydrogen) atoms. The van der Waals surface area contributed by atoms with Crippen molar-refractivity contribution in [3.8, 4) is 16.3 Å². The van der Waals surface area contributed by atoms with Crippen molar-refractivity contribution < 1.29 is 23.5 Å². The van der Waals surface area contributed by atoms with Crippen LogP contribution in [0.3, 0.4) is 0 Å². The number of benzene rings is 2. The average Bonchev–Trinajstić information content (AvgIpc) is 3.37. The average molecular weight is 451 g/mol. The zero-order chi connectivity index (χ0) is 22.7. The Morgan fingerprint density at radius 2 is 1.88 bits per heavy atom. The van der Waals surface area contributed by atoms with E-state index in [0.717, 1.165) is 22.2 Å². The number of hydrogen-bond donors (Lipinski definition) is 1. The van der Waals surface area contributed by atoms with Crippen LogP contribution in [0.25, 0.3) is 20.8 Å². The number of anilines is 1. The maximum absolute atomic E-state index is 12.7. The lowest BCUT2D eigenvalue weighted by Gasteiger charge is -2.10. The molecule has 0 unspecified atom stereocenters. The maximum Gasteiger partial charge on any atom is 0.342 e.